The van der Waals surface area contributed by atoms with Crippen molar-refractivity contribution >= 4 is 5.82 Å². The topological polar surface area (TPSA) is 90.3 Å². The fourth-order valence-corrected chi connectivity index (χ4v) is 2.05. The molecule has 0 aromatic carbocycles. The monoisotopic (exact) mass is 315 g/mol. The van der Waals surface area contributed by atoms with Crippen LogP contribution in [-0.4, -0.2) is 41.0 Å². The molecule has 0 unspecified atom stereocenters. The first-order valence-corrected chi connectivity index (χ1v) is 7.14. The second kappa shape index (κ2) is 7.01. The smallest absolute Gasteiger partial charge is 0.259 e. The summed E-state index contributed by atoms with van der Waals surface area (Å²) < 4.78 is 15.1. The Morgan fingerprint density at radius 1 is 1.22 bits per heavy atom. The summed E-state index contributed by atoms with van der Waals surface area (Å²) in [4.78, 5) is 10.7. The Balaban J connectivity index is 1.67. The van der Waals surface area contributed by atoms with Gasteiger partial charge in [-0.25, -0.2) is 4.98 Å². The fourth-order valence-electron chi connectivity index (χ4n) is 2.05. The van der Waals surface area contributed by atoms with Gasteiger partial charge in [0.1, 0.15) is 17.8 Å². The van der Waals surface area contributed by atoms with Gasteiger partial charge in [-0.2, -0.15) is 4.98 Å². The molecule has 0 N–H and O–H groups in total. The molecule has 0 spiro atoms. The highest BCUT2D eigenvalue weighted by Crippen LogP contribution is 2.19. The quantitative estimate of drug-likeness (QED) is 0.653. The van der Waals surface area contributed by atoms with E-state index in [1.54, 1.807) is 19.6 Å². The van der Waals surface area contributed by atoms with Crippen LogP contribution in [0.2, 0.25) is 0 Å². The molecule has 0 saturated heterocycles. The SMILES string of the molecule is COCCc1noc(-c2ccc(N(C)Cc3ccon3)nc2)n1. The van der Waals surface area contributed by atoms with Crippen molar-refractivity contribution in [2.24, 2.45) is 0 Å². The molecule has 0 aliphatic rings. The predicted molar refractivity (Wildman–Crippen MR) is 81.7 cm³/mol. The average Bonchev–Trinajstić information content (AvgIpc) is 3.24. The van der Waals surface area contributed by atoms with E-state index in [1.807, 2.05) is 30.1 Å². The molecule has 0 bridgehead atoms. The van der Waals surface area contributed by atoms with Crippen LogP contribution in [0.4, 0.5) is 5.82 Å². The molecule has 0 atom stereocenters. The Morgan fingerprint density at radius 2 is 2.13 bits per heavy atom. The van der Waals surface area contributed by atoms with Crippen molar-refractivity contribution in [1.82, 2.24) is 20.3 Å². The molecule has 0 aliphatic heterocycles. The zero-order valence-electron chi connectivity index (χ0n) is 13.0. The summed E-state index contributed by atoms with van der Waals surface area (Å²) in [6.07, 6.45) is 3.88. The van der Waals surface area contributed by atoms with Gasteiger partial charge in [-0.15, -0.1) is 0 Å². The van der Waals surface area contributed by atoms with Crippen molar-refractivity contribution in [2.75, 3.05) is 25.7 Å². The van der Waals surface area contributed by atoms with E-state index in [1.165, 1.54) is 0 Å². The summed E-state index contributed by atoms with van der Waals surface area (Å²) in [5.74, 6) is 1.89. The fraction of sp³-hybridized carbons (Fsp3) is 0.333. The zero-order chi connectivity index (χ0) is 16.1. The van der Waals surface area contributed by atoms with Gasteiger partial charge in [-0.05, 0) is 12.1 Å². The number of pyridine rings is 1. The summed E-state index contributed by atoms with van der Waals surface area (Å²) in [5, 5.41) is 7.80. The number of ether oxygens (including phenoxy) is 1. The lowest BCUT2D eigenvalue weighted by molar-refractivity contribution is 0.199. The van der Waals surface area contributed by atoms with Crippen LogP contribution >= 0.6 is 0 Å². The van der Waals surface area contributed by atoms with Gasteiger partial charge in [-0.3, -0.25) is 0 Å². The van der Waals surface area contributed by atoms with E-state index in [4.69, 9.17) is 13.8 Å². The van der Waals surface area contributed by atoms with Crippen molar-refractivity contribution in [3.63, 3.8) is 0 Å². The lowest BCUT2D eigenvalue weighted by Crippen LogP contribution is -2.17. The molecular weight excluding hydrogens is 298 g/mol. The molecule has 8 nitrogen and oxygen atoms in total. The molecule has 8 heteroatoms. The van der Waals surface area contributed by atoms with Gasteiger partial charge in [0, 0.05) is 32.8 Å². The molecule has 3 heterocycles. The van der Waals surface area contributed by atoms with Gasteiger partial charge in [0.2, 0.25) is 0 Å². The third kappa shape index (κ3) is 3.72. The van der Waals surface area contributed by atoms with E-state index in [2.05, 4.69) is 20.3 Å². The Kier molecular flexibility index (Phi) is 4.62. The Hall–Kier alpha value is -2.74. The Morgan fingerprint density at radius 3 is 2.83 bits per heavy atom. The molecule has 3 aromatic rings. The molecule has 120 valence electrons. The largest absolute Gasteiger partial charge is 0.384 e. The molecule has 0 fully saturated rings. The van der Waals surface area contributed by atoms with Crippen LogP contribution in [0.5, 0.6) is 0 Å². The van der Waals surface area contributed by atoms with E-state index >= 15 is 0 Å². The van der Waals surface area contributed by atoms with Crippen LogP contribution in [-0.2, 0) is 17.7 Å². The minimum absolute atomic E-state index is 0.453. The number of hydrogen-bond donors (Lipinski definition) is 0. The van der Waals surface area contributed by atoms with Crippen molar-refractivity contribution in [2.45, 2.75) is 13.0 Å². The zero-order valence-corrected chi connectivity index (χ0v) is 13.0. The molecule has 3 rings (SSSR count). The van der Waals surface area contributed by atoms with Crippen LogP contribution in [0.15, 0.2) is 39.7 Å². The predicted octanol–water partition coefficient (Wildman–Crippen LogP) is 1.94. The number of nitrogens with zero attached hydrogens (tertiary/aromatic N) is 5. The van der Waals surface area contributed by atoms with Crippen LogP contribution in [0.1, 0.15) is 11.5 Å². The van der Waals surface area contributed by atoms with Gasteiger partial charge >= 0.3 is 0 Å². The molecule has 0 radical (unpaired) electrons. The molecule has 23 heavy (non-hydrogen) atoms. The summed E-state index contributed by atoms with van der Waals surface area (Å²) >= 11 is 0. The van der Waals surface area contributed by atoms with E-state index in [0.29, 0.717) is 31.3 Å². The summed E-state index contributed by atoms with van der Waals surface area (Å²) in [6.45, 7) is 1.17. The maximum absolute atomic E-state index is 5.24. The highest BCUT2D eigenvalue weighted by molar-refractivity contribution is 5.54. The molecule has 0 saturated carbocycles. The third-order valence-electron chi connectivity index (χ3n) is 3.27. The maximum atomic E-state index is 5.24. The van der Waals surface area contributed by atoms with E-state index in [0.717, 1.165) is 17.1 Å². The summed E-state index contributed by atoms with van der Waals surface area (Å²) in [7, 11) is 3.57. The van der Waals surface area contributed by atoms with Gasteiger partial charge in [-0.1, -0.05) is 10.3 Å². The number of anilines is 1. The first kappa shape index (κ1) is 15.2. The number of hydrogen-bond acceptors (Lipinski definition) is 8. The van der Waals surface area contributed by atoms with Gasteiger partial charge in [0.15, 0.2) is 5.82 Å². The van der Waals surface area contributed by atoms with Crippen molar-refractivity contribution in [3.05, 3.63) is 42.2 Å². The second-order valence-corrected chi connectivity index (χ2v) is 5.01. The highest BCUT2D eigenvalue weighted by Gasteiger charge is 2.11. The number of rotatable bonds is 7. The Labute approximate surface area is 133 Å². The lowest BCUT2D eigenvalue weighted by Gasteiger charge is -2.16. The number of methoxy groups -OCH3 is 1. The molecule has 0 amide bonds. The normalized spacial score (nSPS) is 10.9. The summed E-state index contributed by atoms with van der Waals surface area (Å²) in [5.41, 5.74) is 1.62. The van der Waals surface area contributed by atoms with Crippen LogP contribution in [0.25, 0.3) is 11.5 Å². The first-order chi connectivity index (χ1) is 11.3. The first-order valence-electron chi connectivity index (χ1n) is 7.14. The molecule has 3 aromatic heterocycles. The van der Waals surface area contributed by atoms with E-state index < -0.39 is 0 Å². The third-order valence-corrected chi connectivity index (χ3v) is 3.27. The van der Waals surface area contributed by atoms with Crippen molar-refractivity contribution in [1.29, 1.82) is 0 Å². The summed E-state index contributed by atoms with van der Waals surface area (Å²) in [6, 6.07) is 5.62. The van der Waals surface area contributed by atoms with E-state index in [9.17, 15) is 0 Å². The standard InChI is InChI=1S/C15H17N5O3/c1-20(10-12-5-8-22-18-12)14-4-3-11(9-16-14)15-17-13(19-23-15)6-7-21-2/h3-5,8-9H,6-7,10H2,1-2H3. The van der Waals surface area contributed by atoms with E-state index in [-0.39, 0.29) is 0 Å². The maximum Gasteiger partial charge on any atom is 0.259 e. The molecular formula is C15H17N5O3. The van der Waals surface area contributed by atoms with Crippen LogP contribution in [0, 0.1) is 0 Å². The van der Waals surface area contributed by atoms with Crippen LogP contribution < -0.4 is 4.90 Å². The average molecular weight is 315 g/mol. The lowest BCUT2D eigenvalue weighted by atomic mass is 10.2. The minimum atomic E-state index is 0.453. The number of aromatic nitrogens is 4. The second-order valence-electron chi connectivity index (χ2n) is 5.01. The highest BCUT2D eigenvalue weighted by atomic mass is 16.5. The van der Waals surface area contributed by atoms with Gasteiger partial charge in [0.25, 0.3) is 5.89 Å². The van der Waals surface area contributed by atoms with Crippen molar-refractivity contribution in [3.8, 4) is 11.5 Å². The van der Waals surface area contributed by atoms with Crippen molar-refractivity contribution < 1.29 is 13.8 Å². The molecule has 0 aliphatic carbocycles. The minimum Gasteiger partial charge on any atom is -0.384 e. The van der Waals surface area contributed by atoms with Gasteiger partial charge in [0.05, 0.1) is 18.7 Å². The Bertz CT molecular complexity index is 724. The van der Waals surface area contributed by atoms with Crippen LogP contribution in [0.3, 0.4) is 0 Å². The van der Waals surface area contributed by atoms with Gasteiger partial charge < -0.3 is 18.7 Å².